The van der Waals surface area contributed by atoms with E-state index < -0.39 is 13.9 Å². The molecule has 256 valence electrons. The first-order valence-electron chi connectivity index (χ1n) is 17.5. The summed E-state index contributed by atoms with van der Waals surface area (Å²) in [6.45, 7) is 3.73. The van der Waals surface area contributed by atoms with Crippen molar-refractivity contribution in [3.8, 4) is 0 Å². The smallest absolute Gasteiger partial charge is 0.445 e. The molecule has 44 heavy (non-hydrogen) atoms. The quantitative estimate of drug-likeness (QED) is 0.0533. The molecule has 0 fully saturated rings. The molecule has 9 heteroatoms. The van der Waals surface area contributed by atoms with Crippen molar-refractivity contribution in [3.63, 3.8) is 0 Å². The molecule has 0 heterocycles. The van der Waals surface area contributed by atoms with Gasteiger partial charge in [-0.1, -0.05) is 146 Å². The first-order valence-corrected chi connectivity index (χ1v) is 19.0. The molecule has 0 aromatic heterocycles. The predicted molar refractivity (Wildman–Crippen MR) is 182 cm³/mol. The molecule has 1 atom stereocenters. The van der Waals surface area contributed by atoms with E-state index in [9.17, 15) is 14.3 Å². The van der Waals surface area contributed by atoms with Gasteiger partial charge in [0.15, 0.2) is 0 Å². The highest BCUT2D eigenvalue weighted by atomic mass is 31.2. The van der Waals surface area contributed by atoms with Crippen LogP contribution in [0.25, 0.3) is 0 Å². The van der Waals surface area contributed by atoms with E-state index in [1.165, 1.54) is 96.3 Å². The van der Waals surface area contributed by atoms with Crippen LogP contribution in [0.2, 0.25) is 0 Å². The monoisotopic (exact) mass is 641 g/mol. The Morgan fingerprint density at radius 2 is 1.16 bits per heavy atom. The second-order valence-electron chi connectivity index (χ2n) is 13.2. The molecular weight excluding hydrogens is 575 g/mol. The largest absolute Gasteiger partial charge is 0.472 e. The Morgan fingerprint density at radius 3 is 1.64 bits per heavy atom. The fourth-order valence-electron chi connectivity index (χ4n) is 5.04. The van der Waals surface area contributed by atoms with Gasteiger partial charge in [0.25, 0.3) is 0 Å². The minimum atomic E-state index is -4.18. The average molecular weight is 642 g/mol. The van der Waals surface area contributed by atoms with Crippen molar-refractivity contribution in [1.29, 1.82) is 0 Å². The molecular formula is C35H66N2O6P+. The zero-order chi connectivity index (χ0) is 32.4. The number of benzene rings is 1. The maximum absolute atomic E-state index is 12.9. The molecule has 1 aromatic rings. The summed E-state index contributed by atoms with van der Waals surface area (Å²) < 4.78 is 28.7. The van der Waals surface area contributed by atoms with Crippen molar-refractivity contribution in [1.82, 2.24) is 4.90 Å². The van der Waals surface area contributed by atoms with Crippen LogP contribution >= 0.6 is 7.82 Å². The number of hydrogen-bond donors (Lipinski definition) is 1. The van der Waals surface area contributed by atoms with Gasteiger partial charge in [-0.3, -0.25) is 9.05 Å². The number of phosphoric acid groups is 1. The SMILES string of the molecule is CCCCCCCCCCCCCCCCCCCCN(CCOP(=O)(O)OCC[N+](C)(C)C)C(=O)OCc1ccccc1. The average Bonchev–Trinajstić information content (AvgIpc) is 2.98. The fraction of sp³-hybridized carbons (Fsp3) is 0.800. The summed E-state index contributed by atoms with van der Waals surface area (Å²) in [6, 6.07) is 9.55. The van der Waals surface area contributed by atoms with Gasteiger partial charge in [-0.2, -0.15) is 0 Å². The van der Waals surface area contributed by atoms with Crippen molar-refractivity contribution in [2.45, 2.75) is 129 Å². The van der Waals surface area contributed by atoms with Gasteiger partial charge in [0.1, 0.15) is 19.8 Å². The zero-order valence-electron chi connectivity index (χ0n) is 28.7. The summed E-state index contributed by atoms with van der Waals surface area (Å²) in [6.07, 6.45) is 23.1. The molecule has 1 aromatic carbocycles. The Kier molecular flexibility index (Phi) is 23.7. The van der Waals surface area contributed by atoms with Crippen LogP contribution in [0.4, 0.5) is 4.79 Å². The van der Waals surface area contributed by atoms with E-state index in [2.05, 4.69) is 6.92 Å². The van der Waals surface area contributed by atoms with E-state index in [0.29, 0.717) is 17.6 Å². The number of carbonyl (C=O) groups excluding carboxylic acids is 1. The predicted octanol–water partition coefficient (Wildman–Crippen LogP) is 9.51. The maximum Gasteiger partial charge on any atom is 0.472 e. The second kappa shape index (κ2) is 25.7. The molecule has 0 saturated carbocycles. The molecule has 0 aliphatic carbocycles. The van der Waals surface area contributed by atoms with Crippen LogP contribution in [-0.2, 0) is 25.0 Å². The van der Waals surface area contributed by atoms with Crippen molar-refractivity contribution in [3.05, 3.63) is 35.9 Å². The van der Waals surface area contributed by atoms with Crippen LogP contribution in [0.1, 0.15) is 128 Å². The van der Waals surface area contributed by atoms with Gasteiger partial charge in [0, 0.05) is 13.1 Å². The number of nitrogens with zero attached hydrogens (tertiary/aromatic N) is 2. The summed E-state index contributed by atoms with van der Waals surface area (Å²) >= 11 is 0. The molecule has 0 aliphatic heterocycles. The number of hydrogen-bond acceptors (Lipinski definition) is 5. The van der Waals surface area contributed by atoms with Gasteiger partial charge in [0.05, 0.1) is 27.7 Å². The minimum Gasteiger partial charge on any atom is -0.445 e. The van der Waals surface area contributed by atoms with Gasteiger partial charge < -0.3 is 19.0 Å². The lowest BCUT2D eigenvalue weighted by molar-refractivity contribution is -0.870. The highest BCUT2D eigenvalue weighted by Crippen LogP contribution is 2.42. The van der Waals surface area contributed by atoms with E-state index in [0.717, 1.165) is 24.8 Å². The van der Waals surface area contributed by atoms with E-state index in [1.807, 2.05) is 51.5 Å². The molecule has 0 saturated heterocycles. The third-order valence-electron chi connectivity index (χ3n) is 7.88. The number of carbonyl (C=O) groups is 1. The standard InChI is InChI=1S/C35H65N2O6P/c1-5-6-7-8-9-10-11-12-13-14-15-16-17-18-19-20-21-25-28-36(35(38)41-33-34-26-23-22-24-27-34)29-31-42-44(39,40)43-32-30-37(2,3)4/h22-24,26-27H,5-21,25,28-33H2,1-4H3/p+1. The van der Waals surface area contributed by atoms with Gasteiger partial charge in [-0.05, 0) is 12.0 Å². The summed E-state index contributed by atoms with van der Waals surface area (Å²) in [4.78, 5) is 24.4. The minimum absolute atomic E-state index is 0.0996. The fourth-order valence-corrected chi connectivity index (χ4v) is 5.74. The molecule has 0 radical (unpaired) electrons. The number of likely N-dealkylation sites (N-methyl/N-ethyl adjacent to an activating group) is 1. The number of unbranched alkanes of at least 4 members (excludes halogenated alkanes) is 17. The first-order chi connectivity index (χ1) is 21.1. The molecule has 1 rings (SSSR count). The topological polar surface area (TPSA) is 85.3 Å². The number of amides is 1. The molecule has 1 amide bonds. The van der Waals surface area contributed by atoms with Gasteiger partial charge >= 0.3 is 13.9 Å². The molecule has 0 bridgehead atoms. The van der Waals surface area contributed by atoms with Crippen molar-refractivity contribution in [2.24, 2.45) is 0 Å². The van der Waals surface area contributed by atoms with Crippen molar-refractivity contribution >= 4 is 13.9 Å². The lowest BCUT2D eigenvalue weighted by atomic mass is 10.0. The van der Waals surface area contributed by atoms with Crippen molar-refractivity contribution in [2.75, 3.05) is 54.0 Å². The Bertz CT molecular complexity index is 865. The maximum atomic E-state index is 12.9. The number of quaternary nitrogens is 1. The van der Waals surface area contributed by atoms with Crippen LogP contribution in [0, 0.1) is 0 Å². The summed E-state index contributed by atoms with van der Waals surface area (Å²) in [5.74, 6) is 0. The van der Waals surface area contributed by atoms with Crippen molar-refractivity contribution < 1.29 is 32.5 Å². The normalized spacial score (nSPS) is 13.1. The lowest BCUT2D eigenvalue weighted by Crippen LogP contribution is -2.37. The third kappa shape index (κ3) is 24.8. The molecule has 1 N–H and O–H groups in total. The number of ether oxygens (including phenoxy) is 1. The molecule has 0 spiro atoms. The first kappa shape index (κ1) is 40.6. The summed E-state index contributed by atoms with van der Waals surface area (Å²) in [5, 5.41) is 0. The Labute approximate surface area is 270 Å². The lowest BCUT2D eigenvalue weighted by Gasteiger charge is -2.24. The second-order valence-corrected chi connectivity index (χ2v) is 14.6. The van der Waals surface area contributed by atoms with E-state index in [-0.39, 0.29) is 26.4 Å². The van der Waals surface area contributed by atoms with Gasteiger partial charge in [0.2, 0.25) is 0 Å². The highest BCUT2D eigenvalue weighted by Gasteiger charge is 2.24. The van der Waals surface area contributed by atoms with E-state index in [1.54, 1.807) is 4.90 Å². The van der Waals surface area contributed by atoms with E-state index in [4.69, 9.17) is 13.8 Å². The highest BCUT2D eigenvalue weighted by molar-refractivity contribution is 7.47. The molecule has 1 unspecified atom stereocenters. The number of rotatable bonds is 29. The van der Waals surface area contributed by atoms with Crippen LogP contribution in [0.5, 0.6) is 0 Å². The Hall–Kier alpha value is -1.44. The summed E-state index contributed by atoms with van der Waals surface area (Å²) in [5.41, 5.74) is 0.913. The Morgan fingerprint density at radius 1 is 0.705 bits per heavy atom. The van der Waals surface area contributed by atoms with Crippen LogP contribution in [0.3, 0.4) is 0 Å². The van der Waals surface area contributed by atoms with Crippen LogP contribution in [0.15, 0.2) is 30.3 Å². The molecule has 8 nitrogen and oxygen atoms in total. The Balaban J connectivity index is 2.22. The van der Waals surface area contributed by atoms with Crippen LogP contribution in [-0.4, -0.2) is 74.4 Å². The van der Waals surface area contributed by atoms with Gasteiger partial charge in [-0.25, -0.2) is 9.36 Å². The third-order valence-corrected chi connectivity index (χ3v) is 8.89. The zero-order valence-corrected chi connectivity index (χ0v) is 29.6. The van der Waals surface area contributed by atoms with Gasteiger partial charge in [-0.15, -0.1) is 0 Å². The van der Waals surface area contributed by atoms with Crippen LogP contribution < -0.4 is 0 Å². The number of phosphoric ester groups is 1. The molecule has 0 aliphatic rings. The van der Waals surface area contributed by atoms with E-state index >= 15 is 0 Å². The summed E-state index contributed by atoms with van der Waals surface area (Å²) in [7, 11) is 1.75.